The zero-order valence-corrected chi connectivity index (χ0v) is 12.2. The number of anilines is 2. The molecule has 1 aliphatic carbocycles. The molecule has 0 bridgehead atoms. The van der Waals surface area contributed by atoms with Crippen molar-refractivity contribution >= 4 is 17.3 Å². The second-order valence-electron chi connectivity index (χ2n) is 6.04. The number of carbonyl (C=O) groups excluding carboxylic acids is 1. The molecule has 1 N–H and O–H groups in total. The first-order valence-corrected chi connectivity index (χ1v) is 7.72. The van der Waals surface area contributed by atoms with E-state index in [2.05, 4.69) is 5.32 Å². The lowest BCUT2D eigenvalue weighted by Crippen LogP contribution is -2.29. The first-order valence-electron chi connectivity index (χ1n) is 7.72. The summed E-state index contributed by atoms with van der Waals surface area (Å²) >= 11 is 0. The Morgan fingerprint density at radius 1 is 1.14 bits per heavy atom. The summed E-state index contributed by atoms with van der Waals surface area (Å²) in [5, 5.41) is 2.72. The van der Waals surface area contributed by atoms with Crippen molar-refractivity contribution < 1.29 is 18.0 Å². The first-order chi connectivity index (χ1) is 10.4. The number of halogens is 3. The molecule has 1 aliphatic heterocycles. The summed E-state index contributed by atoms with van der Waals surface area (Å²) in [6.45, 7) is 1.63. The highest BCUT2D eigenvalue weighted by atomic mass is 19.4. The molecule has 22 heavy (non-hydrogen) atoms. The van der Waals surface area contributed by atoms with Crippen molar-refractivity contribution in [2.24, 2.45) is 5.92 Å². The van der Waals surface area contributed by atoms with Gasteiger partial charge in [-0.2, -0.15) is 13.2 Å². The second-order valence-corrected chi connectivity index (χ2v) is 6.04. The lowest BCUT2D eigenvalue weighted by Gasteiger charge is -2.27. The van der Waals surface area contributed by atoms with E-state index < -0.39 is 11.7 Å². The van der Waals surface area contributed by atoms with E-state index >= 15 is 0 Å². The predicted octanol–water partition coefficient (Wildman–Crippen LogP) is 4.04. The Kier molecular flexibility index (Phi) is 4.02. The van der Waals surface area contributed by atoms with Gasteiger partial charge in [0.05, 0.1) is 16.9 Å². The van der Waals surface area contributed by atoms with Gasteiger partial charge < -0.3 is 10.2 Å². The number of hydrogen-bond acceptors (Lipinski definition) is 2. The van der Waals surface area contributed by atoms with Crippen LogP contribution in [0.4, 0.5) is 24.5 Å². The van der Waals surface area contributed by atoms with E-state index in [1.54, 1.807) is 0 Å². The SMILES string of the molecule is O=C(Nc1cc(C(F)(F)F)ccc1N1CCCC1)C1CCC1. The molecule has 0 spiro atoms. The molecule has 1 saturated carbocycles. The van der Waals surface area contributed by atoms with Gasteiger partial charge >= 0.3 is 6.18 Å². The van der Waals surface area contributed by atoms with E-state index in [1.807, 2.05) is 4.90 Å². The summed E-state index contributed by atoms with van der Waals surface area (Å²) < 4.78 is 38.8. The summed E-state index contributed by atoms with van der Waals surface area (Å²) in [5.41, 5.74) is 0.256. The highest BCUT2D eigenvalue weighted by molar-refractivity contribution is 5.96. The molecule has 2 aliphatic rings. The molecule has 1 amide bonds. The number of benzene rings is 1. The molecule has 1 saturated heterocycles. The topological polar surface area (TPSA) is 32.3 Å². The van der Waals surface area contributed by atoms with Crippen molar-refractivity contribution in [2.75, 3.05) is 23.3 Å². The van der Waals surface area contributed by atoms with Crippen molar-refractivity contribution in [3.8, 4) is 0 Å². The minimum absolute atomic E-state index is 0.0547. The van der Waals surface area contributed by atoms with Crippen molar-refractivity contribution in [3.63, 3.8) is 0 Å². The van der Waals surface area contributed by atoms with Gasteiger partial charge in [0.25, 0.3) is 0 Å². The zero-order valence-electron chi connectivity index (χ0n) is 12.2. The van der Waals surface area contributed by atoms with Crippen molar-refractivity contribution in [2.45, 2.75) is 38.3 Å². The Bertz CT molecular complexity index is 561. The van der Waals surface area contributed by atoms with Crippen LogP contribution in [-0.4, -0.2) is 19.0 Å². The average molecular weight is 312 g/mol. The van der Waals surface area contributed by atoms with Crippen LogP contribution >= 0.6 is 0 Å². The van der Waals surface area contributed by atoms with Gasteiger partial charge in [0.2, 0.25) is 5.91 Å². The van der Waals surface area contributed by atoms with Gasteiger partial charge in [-0.15, -0.1) is 0 Å². The van der Waals surface area contributed by atoms with E-state index in [9.17, 15) is 18.0 Å². The van der Waals surface area contributed by atoms with Crippen molar-refractivity contribution in [3.05, 3.63) is 23.8 Å². The number of amides is 1. The van der Waals surface area contributed by atoms with E-state index in [0.29, 0.717) is 5.69 Å². The van der Waals surface area contributed by atoms with E-state index in [-0.39, 0.29) is 17.5 Å². The van der Waals surface area contributed by atoms with Crippen LogP contribution in [0.15, 0.2) is 18.2 Å². The quantitative estimate of drug-likeness (QED) is 0.913. The number of rotatable bonds is 3. The second kappa shape index (κ2) is 5.82. The van der Waals surface area contributed by atoms with Gasteiger partial charge in [-0.1, -0.05) is 6.42 Å². The third kappa shape index (κ3) is 3.05. The fourth-order valence-electron chi connectivity index (χ4n) is 2.95. The Hall–Kier alpha value is -1.72. The Morgan fingerprint density at radius 3 is 2.36 bits per heavy atom. The summed E-state index contributed by atoms with van der Waals surface area (Å²) in [4.78, 5) is 14.2. The van der Waals surface area contributed by atoms with E-state index in [4.69, 9.17) is 0 Å². The molecule has 120 valence electrons. The van der Waals surface area contributed by atoms with Crippen LogP contribution in [-0.2, 0) is 11.0 Å². The Labute approximate surface area is 127 Å². The monoisotopic (exact) mass is 312 g/mol. The molecule has 2 fully saturated rings. The third-order valence-electron chi connectivity index (χ3n) is 4.50. The molecule has 3 nitrogen and oxygen atoms in total. The maximum atomic E-state index is 12.9. The summed E-state index contributed by atoms with van der Waals surface area (Å²) in [6.07, 6.45) is 0.306. The number of nitrogens with one attached hydrogen (secondary N) is 1. The van der Waals surface area contributed by atoms with Gasteiger partial charge in [0.1, 0.15) is 0 Å². The standard InChI is InChI=1S/C16H19F3N2O/c17-16(18,19)12-6-7-14(21-8-1-2-9-21)13(10-12)20-15(22)11-4-3-5-11/h6-7,10-11H,1-5,8-9H2,(H,20,22). The predicted molar refractivity (Wildman–Crippen MR) is 78.9 cm³/mol. The van der Waals surface area contributed by atoms with Gasteiger partial charge in [-0.25, -0.2) is 0 Å². The number of hydrogen-bond donors (Lipinski definition) is 1. The van der Waals surface area contributed by atoms with Crippen LogP contribution in [0, 0.1) is 5.92 Å². The highest BCUT2D eigenvalue weighted by Crippen LogP contribution is 2.37. The van der Waals surface area contributed by atoms with Gasteiger partial charge in [0.15, 0.2) is 0 Å². The molecule has 0 atom stereocenters. The number of alkyl halides is 3. The first kappa shape index (κ1) is 15.2. The largest absolute Gasteiger partial charge is 0.416 e. The van der Waals surface area contributed by atoms with Crippen molar-refractivity contribution in [1.82, 2.24) is 0 Å². The lowest BCUT2D eigenvalue weighted by atomic mass is 9.85. The molecule has 0 aromatic heterocycles. The third-order valence-corrected chi connectivity index (χ3v) is 4.50. The van der Waals surface area contributed by atoms with Crippen molar-refractivity contribution in [1.29, 1.82) is 0 Å². The fraction of sp³-hybridized carbons (Fsp3) is 0.562. The highest BCUT2D eigenvalue weighted by Gasteiger charge is 2.32. The van der Waals surface area contributed by atoms with E-state index in [1.165, 1.54) is 6.07 Å². The molecule has 6 heteroatoms. The molecular formula is C16H19F3N2O. The molecule has 3 rings (SSSR count). The smallest absolute Gasteiger partial charge is 0.370 e. The molecule has 0 unspecified atom stereocenters. The summed E-state index contributed by atoms with van der Waals surface area (Å²) in [5.74, 6) is -0.216. The minimum Gasteiger partial charge on any atom is -0.370 e. The van der Waals surface area contributed by atoms with Crippen LogP contribution in [0.3, 0.4) is 0 Å². The maximum Gasteiger partial charge on any atom is 0.416 e. The molecule has 1 heterocycles. The van der Waals surface area contributed by atoms with Gasteiger partial charge in [-0.05, 0) is 43.9 Å². The Morgan fingerprint density at radius 2 is 1.82 bits per heavy atom. The summed E-state index contributed by atoms with van der Waals surface area (Å²) in [7, 11) is 0. The van der Waals surface area contributed by atoms with E-state index in [0.717, 1.165) is 57.3 Å². The fourth-order valence-corrected chi connectivity index (χ4v) is 2.95. The minimum atomic E-state index is -4.40. The van der Waals surface area contributed by atoms with Crippen LogP contribution < -0.4 is 10.2 Å². The molecule has 1 aromatic carbocycles. The zero-order chi connectivity index (χ0) is 15.7. The molecule has 1 aromatic rings. The lowest BCUT2D eigenvalue weighted by molar-refractivity contribution is -0.137. The van der Waals surface area contributed by atoms with Gasteiger partial charge in [0, 0.05) is 19.0 Å². The van der Waals surface area contributed by atoms with Crippen LogP contribution in [0.25, 0.3) is 0 Å². The number of carbonyl (C=O) groups is 1. The average Bonchev–Trinajstić information content (AvgIpc) is 2.89. The van der Waals surface area contributed by atoms with Crippen LogP contribution in [0.2, 0.25) is 0 Å². The summed E-state index contributed by atoms with van der Waals surface area (Å²) in [6, 6.07) is 3.63. The molecule has 0 radical (unpaired) electrons. The van der Waals surface area contributed by atoms with Crippen LogP contribution in [0.5, 0.6) is 0 Å². The Balaban J connectivity index is 1.89. The van der Waals surface area contributed by atoms with Crippen LogP contribution in [0.1, 0.15) is 37.7 Å². The van der Waals surface area contributed by atoms with Gasteiger partial charge in [-0.3, -0.25) is 4.79 Å². The molecular weight excluding hydrogens is 293 g/mol. The number of nitrogens with zero attached hydrogens (tertiary/aromatic N) is 1. The normalized spacial score (nSPS) is 19.1. The maximum absolute atomic E-state index is 12.9.